The number of aromatic amines is 1. The van der Waals surface area contributed by atoms with Crippen molar-refractivity contribution in [2.75, 3.05) is 5.32 Å². The number of hydrogen-bond acceptors (Lipinski definition) is 2. The fourth-order valence-corrected chi connectivity index (χ4v) is 1.47. The molecule has 0 saturated heterocycles. The predicted octanol–water partition coefficient (Wildman–Crippen LogP) is 2.28. The monoisotopic (exact) mass is 191 g/mol. The summed E-state index contributed by atoms with van der Waals surface area (Å²) in [6.07, 6.45) is 2.40. The summed E-state index contributed by atoms with van der Waals surface area (Å²) in [5, 5.41) is 3.24. The van der Waals surface area contributed by atoms with Crippen LogP contribution in [0.4, 0.5) is 10.3 Å². The van der Waals surface area contributed by atoms with Crippen molar-refractivity contribution in [3.63, 3.8) is 0 Å². The van der Waals surface area contributed by atoms with Gasteiger partial charge in [-0.1, -0.05) is 0 Å². The van der Waals surface area contributed by atoms with E-state index in [1.54, 1.807) is 6.07 Å². The van der Waals surface area contributed by atoms with Gasteiger partial charge < -0.3 is 10.3 Å². The highest BCUT2D eigenvalue weighted by molar-refractivity contribution is 5.77. The van der Waals surface area contributed by atoms with Crippen molar-refractivity contribution in [1.82, 2.24) is 9.97 Å². The van der Waals surface area contributed by atoms with Gasteiger partial charge in [0.2, 0.25) is 5.95 Å². The third-order valence-corrected chi connectivity index (χ3v) is 2.36. The Bertz CT molecular complexity index is 473. The minimum absolute atomic E-state index is 0.237. The molecule has 0 amide bonds. The number of halogens is 1. The minimum atomic E-state index is -0.237. The summed E-state index contributed by atoms with van der Waals surface area (Å²) >= 11 is 0. The second-order valence-electron chi connectivity index (χ2n) is 3.67. The molecule has 1 saturated carbocycles. The Kier molecular flexibility index (Phi) is 1.50. The average molecular weight is 191 g/mol. The summed E-state index contributed by atoms with van der Waals surface area (Å²) in [5.74, 6) is 0.507. The average Bonchev–Trinajstić information content (AvgIpc) is 2.84. The highest BCUT2D eigenvalue weighted by atomic mass is 19.1. The molecule has 2 aromatic rings. The van der Waals surface area contributed by atoms with Crippen LogP contribution in [0.2, 0.25) is 0 Å². The Labute approximate surface area is 80.3 Å². The van der Waals surface area contributed by atoms with E-state index in [0.717, 1.165) is 17.0 Å². The maximum absolute atomic E-state index is 12.9. The van der Waals surface area contributed by atoms with Crippen LogP contribution in [0.1, 0.15) is 12.8 Å². The molecule has 1 heterocycles. The number of aromatic nitrogens is 2. The molecule has 0 spiro atoms. The number of H-pyrrole nitrogens is 1. The first-order valence-corrected chi connectivity index (χ1v) is 4.73. The topological polar surface area (TPSA) is 40.7 Å². The zero-order chi connectivity index (χ0) is 9.54. The largest absolute Gasteiger partial charge is 0.353 e. The van der Waals surface area contributed by atoms with Crippen molar-refractivity contribution in [2.45, 2.75) is 18.9 Å². The zero-order valence-electron chi connectivity index (χ0n) is 7.55. The van der Waals surface area contributed by atoms with Gasteiger partial charge >= 0.3 is 0 Å². The van der Waals surface area contributed by atoms with Crippen LogP contribution in [0.3, 0.4) is 0 Å². The quantitative estimate of drug-likeness (QED) is 0.764. The molecule has 1 fully saturated rings. The fourth-order valence-electron chi connectivity index (χ4n) is 1.47. The first kappa shape index (κ1) is 7.79. The summed E-state index contributed by atoms with van der Waals surface area (Å²) in [4.78, 5) is 7.35. The summed E-state index contributed by atoms with van der Waals surface area (Å²) in [5.41, 5.74) is 1.54. The number of imidazole rings is 1. The van der Waals surface area contributed by atoms with E-state index in [0.29, 0.717) is 6.04 Å². The lowest BCUT2D eigenvalue weighted by atomic mass is 10.3. The molecule has 3 rings (SSSR count). The minimum Gasteiger partial charge on any atom is -0.353 e. The number of anilines is 1. The Balaban J connectivity index is 2.01. The molecule has 3 nitrogen and oxygen atoms in total. The molecule has 0 bridgehead atoms. The molecule has 1 aliphatic rings. The van der Waals surface area contributed by atoms with Crippen molar-refractivity contribution >= 4 is 17.0 Å². The van der Waals surface area contributed by atoms with Crippen LogP contribution < -0.4 is 5.32 Å². The normalized spacial score (nSPS) is 16.1. The number of rotatable bonds is 2. The van der Waals surface area contributed by atoms with Crippen LogP contribution in [0.5, 0.6) is 0 Å². The Morgan fingerprint density at radius 2 is 2.29 bits per heavy atom. The molecule has 4 heteroatoms. The van der Waals surface area contributed by atoms with E-state index in [1.165, 1.54) is 25.0 Å². The van der Waals surface area contributed by atoms with Crippen molar-refractivity contribution in [2.24, 2.45) is 0 Å². The van der Waals surface area contributed by atoms with E-state index in [-0.39, 0.29) is 5.82 Å². The third-order valence-electron chi connectivity index (χ3n) is 2.36. The lowest BCUT2D eigenvalue weighted by Gasteiger charge is -1.95. The van der Waals surface area contributed by atoms with Gasteiger partial charge in [0.05, 0.1) is 11.0 Å². The number of hydrogen-bond donors (Lipinski definition) is 2. The molecular formula is C10H10FN3. The summed E-state index contributed by atoms with van der Waals surface area (Å²) in [6, 6.07) is 5.12. The van der Waals surface area contributed by atoms with Gasteiger partial charge in [-0.3, -0.25) is 0 Å². The molecule has 1 aromatic carbocycles. The Hall–Kier alpha value is -1.58. The number of fused-ring (bicyclic) bond motifs is 1. The van der Waals surface area contributed by atoms with Gasteiger partial charge in [0.25, 0.3) is 0 Å². The SMILES string of the molecule is Fc1ccc2nc(NC3CC3)[nH]c2c1. The standard InChI is InChI=1S/C10H10FN3/c11-6-1-4-8-9(5-6)14-10(13-8)12-7-2-3-7/h1,4-5,7H,2-3H2,(H2,12,13,14). The molecule has 2 N–H and O–H groups in total. The maximum Gasteiger partial charge on any atom is 0.201 e. The fraction of sp³-hybridized carbons (Fsp3) is 0.300. The van der Waals surface area contributed by atoms with Gasteiger partial charge in [-0.2, -0.15) is 0 Å². The number of benzene rings is 1. The van der Waals surface area contributed by atoms with Gasteiger partial charge in [-0.05, 0) is 31.0 Å². The van der Waals surface area contributed by atoms with E-state index in [9.17, 15) is 4.39 Å². The molecular weight excluding hydrogens is 181 g/mol. The molecule has 72 valence electrons. The van der Waals surface area contributed by atoms with Crippen molar-refractivity contribution < 1.29 is 4.39 Å². The first-order chi connectivity index (χ1) is 6.81. The van der Waals surface area contributed by atoms with Gasteiger partial charge in [0, 0.05) is 6.04 Å². The molecule has 0 unspecified atom stereocenters. The van der Waals surface area contributed by atoms with Crippen molar-refractivity contribution in [3.05, 3.63) is 24.0 Å². The predicted molar refractivity (Wildman–Crippen MR) is 52.7 cm³/mol. The second-order valence-corrected chi connectivity index (χ2v) is 3.67. The summed E-state index contributed by atoms with van der Waals surface area (Å²) in [6.45, 7) is 0. The van der Waals surface area contributed by atoms with E-state index < -0.39 is 0 Å². The van der Waals surface area contributed by atoms with E-state index in [2.05, 4.69) is 15.3 Å². The van der Waals surface area contributed by atoms with Gasteiger partial charge in [0.15, 0.2) is 0 Å². The zero-order valence-corrected chi connectivity index (χ0v) is 7.55. The van der Waals surface area contributed by atoms with E-state index in [1.807, 2.05) is 0 Å². The highest BCUT2D eigenvalue weighted by Crippen LogP contribution is 2.24. The molecule has 1 aromatic heterocycles. The lowest BCUT2D eigenvalue weighted by molar-refractivity contribution is 0.629. The summed E-state index contributed by atoms with van der Waals surface area (Å²) < 4.78 is 12.9. The van der Waals surface area contributed by atoms with Crippen LogP contribution in [0, 0.1) is 5.82 Å². The van der Waals surface area contributed by atoms with Crippen LogP contribution in [-0.2, 0) is 0 Å². The smallest absolute Gasteiger partial charge is 0.201 e. The first-order valence-electron chi connectivity index (χ1n) is 4.73. The van der Waals surface area contributed by atoms with E-state index >= 15 is 0 Å². The summed E-state index contributed by atoms with van der Waals surface area (Å²) in [7, 11) is 0. The van der Waals surface area contributed by atoms with Gasteiger partial charge in [-0.25, -0.2) is 9.37 Å². The van der Waals surface area contributed by atoms with Crippen molar-refractivity contribution in [1.29, 1.82) is 0 Å². The Morgan fingerprint density at radius 3 is 3.07 bits per heavy atom. The van der Waals surface area contributed by atoms with Crippen LogP contribution >= 0.6 is 0 Å². The number of nitrogens with zero attached hydrogens (tertiary/aromatic N) is 1. The Morgan fingerprint density at radius 1 is 1.43 bits per heavy atom. The highest BCUT2D eigenvalue weighted by Gasteiger charge is 2.21. The molecule has 0 aliphatic heterocycles. The van der Waals surface area contributed by atoms with Gasteiger partial charge in [-0.15, -0.1) is 0 Å². The van der Waals surface area contributed by atoms with Crippen LogP contribution in [0.15, 0.2) is 18.2 Å². The van der Waals surface area contributed by atoms with Crippen LogP contribution in [0.25, 0.3) is 11.0 Å². The van der Waals surface area contributed by atoms with Gasteiger partial charge in [0.1, 0.15) is 5.82 Å². The molecule has 0 atom stereocenters. The molecule has 14 heavy (non-hydrogen) atoms. The van der Waals surface area contributed by atoms with Crippen LogP contribution in [-0.4, -0.2) is 16.0 Å². The lowest BCUT2D eigenvalue weighted by Crippen LogP contribution is -2.01. The van der Waals surface area contributed by atoms with Crippen molar-refractivity contribution in [3.8, 4) is 0 Å². The van der Waals surface area contributed by atoms with E-state index in [4.69, 9.17) is 0 Å². The maximum atomic E-state index is 12.9. The molecule has 0 radical (unpaired) electrons. The third kappa shape index (κ3) is 1.32. The number of nitrogens with one attached hydrogen (secondary N) is 2. The second kappa shape index (κ2) is 2.70. The molecule has 1 aliphatic carbocycles.